The van der Waals surface area contributed by atoms with E-state index in [-0.39, 0.29) is 1.43 Å². The molecule has 0 atom stereocenters. The maximum atomic E-state index is 4.09. The summed E-state index contributed by atoms with van der Waals surface area (Å²) in [6.07, 6.45) is 1.84. The summed E-state index contributed by atoms with van der Waals surface area (Å²) in [5.41, 5.74) is 1.19. The summed E-state index contributed by atoms with van der Waals surface area (Å²) in [4.78, 5) is 4.09. The first-order valence-corrected chi connectivity index (χ1v) is 2.93. The lowest BCUT2D eigenvalue weighted by Gasteiger charge is -1.96. The van der Waals surface area contributed by atoms with Crippen molar-refractivity contribution in [3.05, 3.63) is 23.9 Å². The van der Waals surface area contributed by atoms with Crippen LogP contribution >= 0.6 is 0 Å². The monoisotopic (exact) mass is 124 g/mol. The van der Waals surface area contributed by atoms with Crippen LogP contribution in [0.1, 0.15) is 6.99 Å². The van der Waals surface area contributed by atoms with Crippen molar-refractivity contribution >= 4 is 5.82 Å². The SMILES string of the molecule is CNc1ccc(C)cn1.[HH]. The number of anilines is 1. The Kier molecular flexibility index (Phi) is 1.68. The van der Waals surface area contributed by atoms with Gasteiger partial charge >= 0.3 is 0 Å². The minimum absolute atomic E-state index is 0. The third-order valence-electron chi connectivity index (χ3n) is 1.17. The van der Waals surface area contributed by atoms with Gasteiger partial charge in [0, 0.05) is 14.7 Å². The van der Waals surface area contributed by atoms with Crippen LogP contribution in [0.25, 0.3) is 0 Å². The summed E-state index contributed by atoms with van der Waals surface area (Å²) in [5.74, 6) is 0.917. The molecule has 0 amide bonds. The van der Waals surface area contributed by atoms with E-state index < -0.39 is 0 Å². The number of hydrogen-bond donors (Lipinski definition) is 1. The van der Waals surface area contributed by atoms with Crippen molar-refractivity contribution in [2.24, 2.45) is 0 Å². The molecule has 0 spiro atoms. The molecule has 0 radical (unpaired) electrons. The Balaban J connectivity index is 0.000000810. The summed E-state index contributed by atoms with van der Waals surface area (Å²) >= 11 is 0. The summed E-state index contributed by atoms with van der Waals surface area (Å²) in [7, 11) is 1.86. The second-order valence-corrected chi connectivity index (χ2v) is 1.97. The largest absolute Gasteiger partial charge is 0.373 e. The number of pyridine rings is 1. The average molecular weight is 124 g/mol. The minimum Gasteiger partial charge on any atom is -0.373 e. The lowest BCUT2D eigenvalue weighted by molar-refractivity contribution is 1.24. The van der Waals surface area contributed by atoms with Crippen molar-refractivity contribution in [3.63, 3.8) is 0 Å². The van der Waals surface area contributed by atoms with Crippen molar-refractivity contribution in [3.8, 4) is 0 Å². The van der Waals surface area contributed by atoms with Crippen LogP contribution in [-0.4, -0.2) is 12.0 Å². The molecule has 50 valence electrons. The smallest absolute Gasteiger partial charge is 0.125 e. The van der Waals surface area contributed by atoms with Crippen LogP contribution in [0, 0.1) is 6.92 Å². The standard InChI is InChI=1S/C7H10N2.H2/c1-6-3-4-7(8-2)9-5-6;/h3-5H,1-2H3,(H,8,9);1H. The quantitative estimate of drug-likeness (QED) is 0.616. The maximum Gasteiger partial charge on any atom is 0.125 e. The van der Waals surface area contributed by atoms with Gasteiger partial charge in [0.15, 0.2) is 0 Å². The molecule has 1 aromatic heterocycles. The molecule has 0 saturated heterocycles. The molecule has 9 heavy (non-hydrogen) atoms. The zero-order valence-electron chi connectivity index (χ0n) is 5.68. The van der Waals surface area contributed by atoms with Crippen molar-refractivity contribution in [2.45, 2.75) is 6.92 Å². The Labute approximate surface area is 56.4 Å². The van der Waals surface area contributed by atoms with Gasteiger partial charge in [-0.05, 0) is 18.6 Å². The molecule has 1 heterocycles. The molecule has 0 aliphatic rings. The highest BCUT2D eigenvalue weighted by Crippen LogP contribution is 2.01. The van der Waals surface area contributed by atoms with Crippen LogP contribution in [0.3, 0.4) is 0 Å². The molecule has 2 heteroatoms. The molecule has 1 rings (SSSR count). The predicted molar refractivity (Wildman–Crippen MR) is 40.6 cm³/mol. The number of aryl methyl sites for hydroxylation is 1. The minimum atomic E-state index is 0. The third kappa shape index (κ3) is 1.42. The molecular formula is C7H12N2. The van der Waals surface area contributed by atoms with E-state index in [0.29, 0.717) is 0 Å². The molecule has 0 aliphatic carbocycles. The highest BCUT2D eigenvalue weighted by Gasteiger charge is 1.85. The van der Waals surface area contributed by atoms with Gasteiger partial charge in [-0.2, -0.15) is 0 Å². The van der Waals surface area contributed by atoms with E-state index in [9.17, 15) is 0 Å². The highest BCUT2D eigenvalue weighted by atomic mass is 14.9. The maximum absolute atomic E-state index is 4.09. The number of rotatable bonds is 1. The zero-order valence-corrected chi connectivity index (χ0v) is 5.68. The molecule has 1 aromatic rings. The van der Waals surface area contributed by atoms with E-state index >= 15 is 0 Å². The molecule has 1 N–H and O–H groups in total. The van der Waals surface area contributed by atoms with Gasteiger partial charge in [0.25, 0.3) is 0 Å². The summed E-state index contributed by atoms with van der Waals surface area (Å²) in [5, 5.41) is 2.94. The van der Waals surface area contributed by atoms with E-state index in [1.807, 2.05) is 32.3 Å². The summed E-state index contributed by atoms with van der Waals surface area (Å²) < 4.78 is 0. The van der Waals surface area contributed by atoms with Crippen LogP contribution in [0.15, 0.2) is 18.3 Å². The van der Waals surface area contributed by atoms with Gasteiger partial charge < -0.3 is 5.32 Å². The first kappa shape index (κ1) is 6.08. The highest BCUT2D eigenvalue weighted by molar-refractivity contribution is 5.33. The number of nitrogens with one attached hydrogen (secondary N) is 1. The molecule has 0 bridgehead atoms. The van der Waals surface area contributed by atoms with Crippen LogP contribution in [0.4, 0.5) is 5.82 Å². The summed E-state index contributed by atoms with van der Waals surface area (Å²) in [6.45, 7) is 2.02. The normalized spacial score (nSPS) is 9.11. The molecule has 0 aromatic carbocycles. The number of aromatic nitrogens is 1. The van der Waals surface area contributed by atoms with Crippen molar-refractivity contribution < 1.29 is 1.43 Å². The van der Waals surface area contributed by atoms with Crippen molar-refractivity contribution in [1.82, 2.24) is 4.98 Å². The lowest BCUT2D eigenvalue weighted by Crippen LogP contribution is -1.90. The Hall–Kier alpha value is -1.05. The summed E-state index contributed by atoms with van der Waals surface area (Å²) in [6, 6.07) is 3.98. The fourth-order valence-corrected chi connectivity index (χ4v) is 0.616. The second-order valence-electron chi connectivity index (χ2n) is 1.97. The van der Waals surface area contributed by atoms with Crippen LogP contribution < -0.4 is 5.32 Å². The van der Waals surface area contributed by atoms with E-state index in [1.54, 1.807) is 0 Å². The number of hydrogen-bond acceptors (Lipinski definition) is 2. The Morgan fingerprint density at radius 3 is 2.78 bits per heavy atom. The lowest BCUT2D eigenvalue weighted by atomic mass is 10.3. The fraction of sp³-hybridized carbons (Fsp3) is 0.286. The molecule has 0 fully saturated rings. The first-order chi connectivity index (χ1) is 4.33. The fourth-order valence-electron chi connectivity index (χ4n) is 0.616. The molecule has 2 nitrogen and oxygen atoms in total. The Morgan fingerprint density at radius 1 is 1.56 bits per heavy atom. The van der Waals surface area contributed by atoms with Crippen LogP contribution in [-0.2, 0) is 0 Å². The predicted octanol–water partition coefficient (Wildman–Crippen LogP) is 1.68. The van der Waals surface area contributed by atoms with Gasteiger partial charge in [-0.3, -0.25) is 0 Å². The van der Waals surface area contributed by atoms with E-state index in [2.05, 4.69) is 10.3 Å². The number of nitrogens with zero attached hydrogens (tertiary/aromatic N) is 1. The zero-order chi connectivity index (χ0) is 6.69. The van der Waals surface area contributed by atoms with Gasteiger partial charge in [0.2, 0.25) is 0 Å². The van der Waals surface area contributed by atoms with Gasteiger partial charge in [0.1, 0.15) is 5.82 Å². The molecule has 0 unspecified atom stereocenters. The Morgan fingerprint density at radius 2 is 2.33 bits per heavy atom. The van der Waals surface area contributed by atoms with Gasteiger partial charge in [-0.15, -0.1) is 0 Å². The Bertz CT molecular complexity index is 183. The molecular weight excluding hydrogens is 112 g/mol. The van der Waals surface area contributed by atoms with E-state index in [1.165, 1.54) is 5.56 Å². The second kappa shape index (κ2) is 2.49. The van der Waals surface area contributed by atoms with Crippen LogP contribution in [0.5, 0.6) is 0 Å². The topological polar surface area (TPSA) is 24.9 Å². The van der Waals surface area contributed by atoms with Crippen LogP contribution in [0.2, 0.25) is 0 Å². The van der Waals surface area contributed by atoms with E-state index in [0.717, 1.165) is 5.82 Å². The van der Waals surface area contributed by atoms with Gasteiger partial charge in [0.05, 0.1) is 0 Å². The van der Waals surface area contributed by atoms with Gasteiger partial charge in [-0.25, -0.2) is 4.98 Å². The van der Waals surface area contributed by atoms with Gasteiger partial charge in [-0.1, -0.05) is 6.07 Å². The molecule has 0 saturated carbocycles. The average Bonchev–Trinajstić information content (AvgIpc) is 1.90. The first-order valence-electron chi connectivity index (χ1n) is 2.93. The molecule has 0 aliphatic heterocycles. The third-order valence-corrected chi connectivity index (χ3v) is 1.17. The van der Waals surface area contributed by atoms with Crippen molar-refractivity contribution in [2.75, 3.05) is 12.4 Å². The van der Waals surface area contributed by atoms with Crippen molar-refractivity contribution in [1.29, 1.82) is 0 Å². The van der Waals surface area contributed by atoms with E-state index in [4.69, 9.17) is 0 Å².